The fourth-order valence-electron chi connectivity index (χ4n) is 1.81. The number of carbonyl (C=O) groups is 2. The van der Waals surface area contributed by atoms with Crippen LogP contribution < -0.4 is 10.6 Å². The molecular weight excluding hydrogens is 341 g/mol. The summed E-state index contributed by atoms with van der Waals surface area (Å²) >= 11 is 0. The summed E-state index contributed by atoms with van der Waals surface area (Å²) in [6.07, 6.45) is -1.45. The van der Waals surface area contributed by atoms with Crippen molar-refractivity contribution in [3.05, 3.63) is 35.1 Å². The number of nitrogens with one attached hydrogen (secondary N) is 3. The molecule has 0 aliphatic rings. The number of amidine groups is 1. The third kappa shape index (κ3) is 7.96. The van der Waals surface area contributed by atoms with E-state index in [0.29, 0.717) is 0 Å². The second-order valence-corrected chi connectivity index (χ2v) is 7.66. The highest BCUT2D eigenvalue weighted by Gasteiger charge is 2.19. The van der Waals surface area contributed by atoms with E-state index in [9.17, 15) is 14.0 Å². The first kappa shape index (κ1) is 21.4. The molecule has 1 aromatic rings. The first-order valence-electron chi connectivity index (χ1n) is 8.11. The molecule has 0 fully saturated rings. The molecule has 144 valence electrons. The SMILES string of the molecule is CC(C)(C)OC(=O)NCc1ccc(C(=N)NC(=O)OC(C)(C)C)cc1F. The molecule has 0 saturated heterocycles. The van der Waals surface area contributed by atoms with Gasteiger partial charge >= 0.3 is 12.2 Å². The van der Waals surface area contributed by atoms with E-state index >= 15 is 0 Å². The summed E-state index contributed by atoms with van der Waals surface area (Å²) in [4.78, 5) is 23.3. The summed E-state index contributed by atoms with van der Waals surface area (Å²) in [6.45, 7) is 10.2. The van der Waals surface area contributed by atoms with Crippen molar-refractivity contribution in [2.45, 2.75) is 59.3 Å². The minimum absolute atomic E-state index is 0.0617. The van der Waals surface area contributed by atoms with Crippen LogP contribution in [0.1, 0.15) is 52.7 Å². The lowest BCUT2D eigenvalue weighted by atomic mass is 10.1. The normalized spacial score (nSPS) is 11.5. The molecule has 0 heterocycles. The molecule has 0 unspecified atom stereocenters. The van der Waals surface area contributed by atoms with E-state index in [0.717, 1.165) is 6.07 Å². The van der Waals surface area contributed by atoms with Crippen LogP contribution in [-0.4, -0.2) is 29.2 Å². The van der Waals surface area contributed by atoms with Crippen LogP contribution in [0.25, 0.3) is 0 Å². The third-order valence-electron chi connectivity index (χ3n) is 2.79. The van der Waals surface area contributed by atoms with Gasteiger partial charge in [-0.15, -0.1) is 0 Å². The van der Waals surface area contributed by atoms with Crippen LogP contribution in [0.5, 0.6) is 0 Å². The highest BCUT2D eigenvalue weighted by Crippen LogP contribution is 2.12. The fourth-order valence-corrected chi connectivity index (χ4v) is 1.81. The molecule has 1 rings (SSSR count). The number of carbonyl (C=O) groups excluding carboxylic acids is 2. The van der Waals surface area contributed by atoms with Crippen LogP contribution in [0.3, 0.4) is 0 Å². The maximum atomic E-state index is 14.2. The first-order valence-corrected chi connectivity index (χ1v) is 8.11. The summed E-state index contributed by atoms with van der Waals surface area (Å²) in [7, 11) is 0. The predicted octanol–water partition coefficient (Wildman–Crippen LogP) is 3.70. The number of benzene rings is 1. The fraction of sp³-hybridized carbons (Fsp3) is 0.500. The number of alkyl carbamates (subject to hydrolysis) is 2. The Morgan fingerprint density at radius 1 is 1.04 bits per heavy atom. The molecule has 3 N–H and O–H groups in total. The van der Waals surface area contributed by atoms with Crippen molar-refractivity contribution in [2.75, 3.05) is 0 Å². The van der Waals surface area contributed by atoms with Crippen LogP contribution in [0.4, 0.5) is 14.0 Å². The van der Waals surface area contributed by atoms with Crippen molar-refractivity contribution in [3.63, 3.8) is 0 Å². The summed E-state index contributed by atoms with van der Waals surface area (Å²) in [5, 5.41) is 12.5. The molecule has 0 aliphatic carbocycles. The van der Waals surface area contributed by atoms with E-state index in [1.165, 1.54) is 12.1 Å². The van der Waals surface area contributed by atoms with E-state index in [2.05, 4.69) is 10.6 Å². The van der Waals surface area contributed by atoms with Gasteiger partial charge < -0.3 is 14.8 Å². The average Bonchev–Trinajstić information content (AvgIpc) is 2.41. The van der Waals surface area contributed by atoms with Crippen LogP contribution in [0.15, 0.2) is 18.2 Å². The Morgan fingerprint density at radius 2 is 1.58 bits per heavy atom. The largest absolute Gasteiger partial charge is 0.444 e. The molecule has 0 bridgehead atoms. The molecule has 26 heavy (non-hydrogen) atoms. The maximum absolute atomic E-state index is 14.2. The standard InChI is InChI=1S/C18H26FN3O4/c1-17(2,3)25-15(23)21-10-12-8-7-11(9-13(12)19)14(20)22-16(24)26-18(4,5)6/h7-9H,10H2,1-6H3,(H,21,23)(H2,20,22,24). The molecule has 0 aliphatic heterocycles. The zero-order valence-electron chi connectivity index (χ0n) is 16.0. The van der Waals surface area contributed by atoms with E-state index in [1.807, 2.05) is 0 Å². The van der Waals surface area contributed by atoms with Gasteiger partial charge in [0.15, 0.2) is 0 Å². The van der Waals surface area contributed by atoms with Gasteiger partial charge in [0.05, 0.1) is 0 Å². The average molecular weight is 367 g/mol. The number of hydrogen-bond donors (Lipinski definition) is 3. The van der Waals surface area contributed by atoms with Crippen molar-refractivity contribution < 1.29 is 23.5 Å². The molecule has 1 aromatic carbocycles. The third-order valence-corrected chi connectivity index (χ3v) is 2.79. The van der Waals surface area contributed by atoms with Crippen molar-refractivity contribution in [1.29, 1.82) is 5.41 Å². The van der Waals surface area contributed by atoms with Gasteiger partial charge in [-0.3, -0.25) is 10.7 Å². The van der Waals surface area contributed by atoms with E-state index in [4.69, 9.17) is 14.9 Å². The molecular formula is C18H26FN3O4. The quantitative estimate of drug-likeness (QED) is 0.560. The molecule has 0 atom stereocenters. The van der Waals surface area contributed by atoms with Crippen LogP contribution in [0, 0.1) is 11.2 Å². The second-order valence-electron chi connectivity index (χ2n) is 7.66. The van der Waals surface area contributed by atoms with Gasteiger partial charge in [-0.25, -0.2) is 14.0 Å². The van der Waals surface area contributed by atoms with Gasteiger partial charge in [0.2, 0.25) is 0 Å². The number of ether oxygens (including phenoxy) is 2. The molecule has 8 heteroatoms. The van der Waals surface area contributed by atoms with Gasteiger partial charge in [0.25, 0.3) is 0 Å². The zero-order chi connectivity index (χ0) is 20.1. The Morgan fingerprint density at radius 3 is 2.08 bits per heavy atom. The molecule has 0 saturated carbocycles. The zero-order valence-corrected chi connectivity index (χ0v) is 16.0. The lowest BCUT2D eigenvalue weighted by Gasteiger charge is -2.20. The highest BCUT2D eigenvalue weighted by molar-refractivity contribution is 6.04. The smallest absolute Gasteiger partial charge is 0.413 e. The lowest BCUT2D eigenvalue weighted by molar-refractivity contribution is 0.0520. The number of amides is 2. The monoisotopic (exact) mass is 367 g/mol. The van der Waals surface area contributed by atoms with Gasteiger partial charge in [-0.05, 0) is 47.6 Å². The molecule has 0 aromatic heterocycles. The van der Waals surface area contributed by atoms with Gasteiger partial charge in [-0.1, -0.05) is 12.1 Å². The number of rotatable bonds is 3. The van der Waals surface area contributed by atoms with Gasteiger partial charge in [0.1, 0.15) is 22.9 Å². The van der Waals surface area contributed by atoms with Crippen molar-refractivity contribution >= 4 is 18.0 Å². The van der Waals surface area contributed by atoms with Crippen LogP contribution in [0.2, 0.25) is 0 Å². The Hall–Kier alpha value is -2.64. The molecule has 0 spiro atoms. The molecule has 2 amide bonds. The van der Waals surface area contributed by atoms with Crippen molar-refractivity contribution in [3.8, 4) is 0 Å². The van der Waals surface area contributed by atoms with E-state index in [1.54, 1.807) is 41.5 Å². The van der Waals surface area contributed by atoms with Gasteiger partial charge in [-0.2, -0.15) is 0 Å². The lowest BCUT2D eigenvalue weighted by Crippen LogP contribution is -2.36. The number of halogens is 1. The first-order chi connectivity index (χ1) is 11.8. The molecule has 7 nitrogen and oxygen atoms in total. The minimum Gasteiger partial charge on any atom is -0.444 e. The minimum atomic E-state index is -0.793. The van der Waals surface area contributed by atoms with E-state index in [-0.39, 0.29) is 23.5 Å². The van der Waals surface area contributed by atoms with Crippen LogP contribution in [-0.2, 0) is 16.0 Å². The Kier molecular flexibility index (Phi) is 6.72. The summed E-state index contributed by atoms with van der Waals surface area (Å²) < 4.78 is 24.3. The highest BCUT2D eigenvalue weighted by atomic mass is 19.1. The maximum Gasteiger partial charge on any atom is 0.413 e. The Labute approximate surface area is 152 Å². The van der Waals surface area contributed by atoms with E-state index < -0.39 is 29.2 Å². The van der Waals surface area contributed by atoms with Crippen LogP contribution >= 0.6 is 0 Å². The molecule has 0 radical (unpaired) electrons. The Balaban J connectivity index is 2.68. The summed E-state index contributed by atoms with van der Waals surface area (Å²) in [5.74, 6) is -0.904. The van der Waals surface area contributed by atoms with Gasteiger partial charge in [0, 0.05) is 17.7 Å². The summed E-state index contributed by atoms with van der Waals surface area (Å²) in [5.41, 5.74) is -0.944. The Bertz CT molecular complexity index is 691. The van der Waals surface area contributed by atoms with Crippen molar-refractivity contribution in [1.82, 2.24) is 10.6 Å². The topological polar surface area (TPSA) is 101 Å². The predicted molar refractivity (Wildman–Crippen MR) is 95.7 cm³/mol. The number of hydrogen-bond acceptors (Lipinski definition) is 5. The second kappa shape index (κ2) is 8.16. The summed E-state index contributed by atoms with van der Waals surface area (Å²) in [6, 6.07) is 3.99. The van der Waals surface area contributed by atoms with Crippen molar-refractivity contribution in [2.24, 2.45) is 0 Å².